The molecule has 0 aliphatic rings. The van der Waals surface area contributed by atoms with Gasteiger partial charge in [0.15, 0.2) is 0 Å². The van der Waals surface area contributed by atoms with Crippen molar-refractivity contribution in [1.82, 2.24) is 0 Å². The normalized spacial score (nSPS) is 11.8. The first-order chi connectivity index (χ1) is 12.9. The number of rotatable bonds is 10. The Balaban J connectivity index is -0.00000123. The van der Waals surface area contributed by atoms with Crippen molar-refractivity contribution in [3.05, 3.63) is 61.9 Å². The third kappa shape index (κ3) is 28.7. The SMILES string of the molecule is CC(=O)OC(/C=C(\C)CCC=C(C)C)C/C=C(\C)CCC=C(C)C.O=[N+]([O-])[O-].[Ag+]. The van der Waals surface area contributed by atoms with Crippen LogP contribution in [0.1, 0.15) is 80.6 Å². The maximum Gasteiger partial charge on any atom is 1.00 e. The van der Waals surface area contributed by atoms with Crippen LogP contribution >= 0.6 is 0 Å². The fraction of sp³-hybridized carbons (Fsp3) is 0.591. The average molecular weight is 502 g/mol. The van der Waals surface area contributed by atoms with Crippen molar-refractivity contribution in [3.63, 3.8) is 0 Å². The van der Waals surface area contributed by atoms with Crippen molar-refractivity contribution in [1.29, 1.82) is 0 Å². The van der Waals surface area contributed by atoms with Crippen LogP contribution in [0.3, 0.4) is 0 Å². The van der Waals surface area contributed by atoms with Gasteiger partial charge in [-0.2, -0.15) is 0 Å². The summed E-state index contributed by atoms with van der Waals surface area (Å²) in [7, 11) is 0. The molecule has 0 aliphatic carbocycles. The fourth-order valence-corrected chi connectivity index (χ4v) is 2.36. The van der Waals surface area contributed by atoms with E-state index in [0.717, 1.165) is 32.1 Å². The molecular weight excluding hydrogens is 466 g/mol. The van der Waals surface area contributed by atoms with Gasteiger partial charge < -0.3 is 20.1 Å². The molecule has 0 saturated carbocycles. The maximum absolute atomic E-state index is 11.3. The van der Waals surface area contributed by atoms with Crippen molar-refractivity contribution in [3.8, 4) is 0 Å². The summed E-state index contributed by atoms with van der Waals surface area (Å²) in [5.74, 6) is -0.219. The molecule has 7 heteroatoms. The van der Waals surface area contributed by atoms with Crippen LogP contribution < -0.4 is 0 Å². The van der Waals surface area contributed by atoms with E-state index < -0.39 is 5.09 Å². The van der Waals surface area contributed by atoms with Gasteiger partial charge in [0.1, 0.15) is 6.10 Å². The predicted octanol–water partition coefficient (Wildman–Crippen LogP) is 6.45. The molecule has 6 nitrogen and oxygen atoms in total. The molecule has 0 aliphatic heterocycles. The largest absolute Gasteiger partial charge is 1.00 e. The summed E-state index contributed by atoms with van der Waals surface area (Å²) in [5.41, 5.74) is 5.32. The summed E-state index contributed by atoms with van der Waals surface area (Å²) < 4.78 is 5.45. The maximum atomic E-state index is 11.3. The van der Waals surface area contributed by atoms with Gasteiger partial charge >= 0.3 is 28.3 Å². The number of hydrogen-bond donors (Lipinski definition) is 0. The first kappa shape index (κ1) is 32.0. The number of nitrogens with zero attached hydrogens (tertiary/aromatic N) is 1. The summed E-state index contributed by atoms with van der Waals surface area (Å²) in [6, 6.07) is 0. The molecule has 0 heterocycles. The van der Waals surface area contributed by atoms with E-state index in [2.05, 4.69) is 65.8 Å². The molecule has 1 atom stereocenters. The summed E-state index contributed by atoms with van der Waals surface area (Å²) in [6.45, 7) is 14.2. The number of carbonyl (C=O) groups excluding carboxylic acids is 1. The molecular formula is C22H36AgNO5. The molecule has 0 rings (SSSR count). The van der Waals surface area contributed by atoms with Crippen LogP contribution in [-0.2, 0) is 31.9 Å². The Labute approximate surface area is 191 Å². The first-order valence-corrected chi connectivity index (χ1v) is 9.52. The zero-order chi connectivity index (χ0) is 22.1. The van der Waals surface area contributed by atoms with E-state index >= 15 is 0 Å². The Morgan fingerprint density at radius 2 is 1.28 bits per heavy atom. The van der Waals surface area contributed by atoms with Gasteiger partial charge in [-0.25, -0.2) is 0 Å². The van der Waals surface area contributed by atoms with Gasteiger partial charge in [-0.05, 0) is 73.3 Å². The second-order valence-corrected chi connectivity index (χ2v) is 7.31. The summed E-state index contributed by atoms with van der Waals surface area (Å²) >= 11 is 0. The van der Waals surface area contributed by atoms with Crippen molar-refractivity contribution in [2.45, 2.75) is 86.7 Å². The minimum Gasteiger partial charge on any atom is -0.458 e. The summed E-state index contributed by atoms with van der Waals surface area (Å²) in [6.07, 6.45) is 13.6. The van der Waals surface area contributed by atoms with E-state index in [1.807, 2.05) is 0 Å². The van der Waals surface area contributed by atoms with Crippen molar-refractivity contribution in [2.75, 3.05) is 0 Å². The van der Waals surface area contributed by atoms with Gasteiger partial charge in [0.25, 0.3) is 0 Å². The third-order valence-electron chi connectivity index (χ3n) is 3.67. The van der Waals surface area contributed by atoms with Crippen molar-refractivity contribution >= 4 is 5.97 Å². The Kier molecular flexibility index (Phi) is 21.7. The van der Waals surface area contributed by atoms with Gasteiger partial charge in [-0.3, -0.25) is 4.79 Å². The van der Waals surface area contributed by atoms with E-state index in [0.29, 0.717) is 0 Å². The molecule has 0 aromatic heterocycles. The quantitative estimate of drug-likeness (QED) is 0.113. The van der Waals surface area contributed by atoms with Crippen LogP contribution in [-0.4, -0.2) is 17.2 Å². The molecule has 29 heavy (non-hydrogen) atoms. The van der Waals surface area contributed by atoms with Crippen LogP contribution in [0.2, 0.25) is 0 Å². The molecule has 0 radical (unpaired) electrons. The molecule has 0 aromatic rings. The Hall–Kier alpha value is -1.63. The molecule has 170 valence electrons. The monoisotopic (exact) mass is 501 g/mol. The zero-order valence-electron chi connectivity index (χ0n) is 18.7. The van der Waals surface area contributed by atoms with Gasteiger partial charge in [0, 0.05) is 13.3 Å². The van der Waals surface area contributed by atoms with Gasteiger partial charge in [0.05, 0.1) is 5.09 Å². The number of allylic oxidation sites excluding steroid dienone is 6. The van der Waals surface area contributed by atoms with Gasteiger partial charge in [-0.15, -0.1) is 0 Å². The van der Waals surface area contributed by atoms with Crippen molar-refractivity contribution in [2.24, 2.45) is 0 Å². The van der Waals surface area contributed by atoms with E-state index in [1.165, 1.54) is 29.2 Å². The zero-order valence-corrected chi connectivity index (χ0v) is 20.2. The molecule has 0 bridgehead atoms. The molecule has 0 N–H and O–H groups in total. The molecule has 1 unspecified atom stereocenters. The van der Waals surface area contributed by atoms with E-state index in [-0.39, 0.29) is 34.5 Å². The second-order valence-electron chi connectivity index (χ2n) is 7.31. The number of hydrogen-bond acceptors (Lipinski definition) is 5. The number of ether oxygens (including phenoxy) is 1. The first-order valence-electron chi connectivity index (χ1n) is 9.52. The minimum absolute atomic E-state index is 0. The van der Waals surface area contributed by atoms with Crippen LogP contribution in [0.15, 0.2) is 46.6 Å². The third-order valence-corrected chi connectivity index (χ3v) is 3.67. The van der Waals surface area contributed by atoms with Gasteiger partial charge in [-0.1, -0.05) is 40.5 Å². The smallest absolute Gasteiger partial charge is 0.458 e. The Bertz CT molecular complexity index is 594. The van der Waals surface area contributed by atoms with Crippen molar-refractivity contribution < 1.29 is 37.0 Å². The molecule has 0 aromatic carbocycles. The van der Waals surface area contributed by atoms with Crippen LogP contribution in [0, 0.1) is 15.3 Å². The standard InChI is InChI=1S/C22H36O2.Ag.NO3/c1-17(2)10-8-12-19(5)14-15-22(24-21(7)23)16-20(6)13-9-11-18(3)4;;2-1(3)4/h10-11,14,16,22H,8-9,12-13,15H2,1-7H3;;/q;+1;-1/b19-14+,20-16+;;. The minimum atomic E-state index is -1.75. The molecule has 0 fully saturated rings. The number of esters is 1. The van der Waals surface area contributed by atoms with Crippen LogP contribution in [0.5, 0.6) is 0 Å². The fourth-order valence-electron chi connectivity index (χ4n) is 2.36. The Morgan fingerprint density at radius 3 is 1.66 bits per heavy atom. The second kappa shape index (κ2) is 19.7. The predicted molar refractivity (Wildman–Crippen MR) is 115 cm³/mol. The summed E-state index contributed by atoms with van der Waals surface area (Å²) in [5, 5.41) is 14.8. The van der Waals surface area contributed by atoms with E-state index in [4.69, 9.17) is 20.1 Å². The van der Waals surface area contributed by atoms with Gasteiger partial charge in [0.2, 0.25) is 0 Å². The number of carbonyl (C=O) groups is 1. The average Bonchev–Trinajstić information content (AvgIpc) is 2.50. The molecule has 0 spiro atoms. The molecule has 0 saturated heterocycles. The van der Waals surface area contributed by atoms with Crippen LogP contribution in [0.4, 0.5) is 0 Å². The van der Waals surface area contributed by atoms with Crippen LogP contribution in [0.25, 0.3) is 0 Å². The molecule has 0 amide bonds. The topological polar surface area (TPSA) is 92.5 Å². The van der Waals surface area contributed by atoms with E-state index in [9.17, 15) is 4.79 Å². The summed E-state index contributed by atoms with van der Waals surface area (Å²) in [4.78, 5) is 19.6. The van der Waals surface area contributed by atoms with E-state index in [1.54, 1.807) is 0 Å². The Morgan fingerprint density at radius 1 is 0.862 bits per heavy atom.